The Hall–Kier alpha value is -0.900. The summed E-state index contributed by atoms with van der Waals surface area (Å²) in [5.74, 6) is 0.137. The lowest BCUT2D eigenvalue weighted by Gasteiger charge is -2.34. The molecule has 3 rings (SSSR count). The van der Waals surface area contributed by atoms with Gasteiger partial charge in [-0.1, -0.05) is 13.8 Å². The lowest BCUT2D eigenvalue weighted by molar-refractivity contribution is -0.169. The second-order valence-electron chi connectivity index (χ2n) is 6.38. The molecule has 0 amide bonds. The van der Waals surface area contributed by atoms with Crippen molar-refractivity contribution in [1.82, 2.24) is 0 Å². The molecule has 3 fully saturated rings. The predicted molar refractivity (Wildman–Crippen MR) is 63.9 cm³/mol. The zero-order valence-electron chi connectivity index (χ0n) is 11.0. The van der Waals surface area contributed by atoms with E-state index in [1.807, 2.05) is 13.8 Å². The molecule has 1 heterocycles. The van der Waals surface area contributed by atoms with Gasteiger partial charge in [0.05, 0.1) is 13.2 Å². The van der Waals surface area contributed by atoms with Gasteiger partial charge in [0.2, 0.25) is 0 Å². The molecule has 100 valence electrons. The highest BCUT2D eigenvalue weighted by Crippen LogP contribution is 2.64. The van der Waals surface area contributed by atoms with Crippen LogP contribution < -0.4 is 0 Å². The van der Waals surface area contributed by atoms with Crippen LogP contribution in [0.2, 0.25) is 0 Å². The Bertz CT molecular complexity index is 395. The number of rotatable bonds is 2. The lowest BCUT2D eigenvalue weighted by Crippen LogP contribution is -2.45. The Morgan fingerprint density at radius 2 is 2.17 bits per heavy atom. The fraction of sp³-hybridized carbons (Fsp3) is 0.857. The molecule has 0 N–H and O–H groups in total. The number of hydrogen-bond acceptors (Lipinski definition) is 4. The topological polar surface area (TPSA) is 52.6 Å². The molecule has 18 heavy (non-hydrogen) atoms. The third-order valence-corrected chi connectivity index (χ3v) is 5.41. The van der Waals surface area contributed by atoms with Crippen LogP contribution in [0.4, 0.5) is 0 Å². The van der Waals surface area contributed by atoms with Gasteiger partial charge >= 0.3 is 5.97 Å². The molecular formula is C14H20O4. The highest BCUT2D eigenvalue weighted by Gasteiger charge is 2.69. The molecule has 4 nitrogen and oxygen atoms in total. The molecule has 1 saturated heterocycles. The first-order valence-corrected chi connectivity index (χ1v) is 6.80. The zero-order chi connectivity index (χ0) is 13.0. The summed E-state index contributed by atoms with van der Waals surface area (Å²) in [6.45, 7) is 5.20. The van der Waals surface area contributed by atoms with Gasteiger partial charge in [0.1, 0.15) is 11.5 Å². The van der Waals surface area contributed by atoms with E-state index in [9.17, 15) is 9.59 Å². The van der Waals surface area contributed by atoms with Crippen molar-refractivity contribution in [1.29, 1.82) is 0 Å². The quantitative estimate of drug-likeness (QED) is 0.554. The van der Waals surface area contributed by atoms with Crippen LogP contribution in [0.1, 0.15) is 39.5 Å². The summed E-state index contributed by atoms with van der Waals surface area (Å²) in [6, 6.07) is 0. The van der Waals surface area contributed by atoms with Gasteiger partial charge in [-0.25, -0.2) is 0 Å². The van der Waals surface area contributed by atoms with Crippen molar-refractivity contribution in [2.24, 2.45) is 16.7 Å². The number of fused-ring (bicyclic) bond motifs is 2. The van der Waals surface area contributed by atoms with E-state index in [1.54, 1.807) is 0 Å². The standard InChI is InChI=1S/C14H20O4/c1-13(2)9-3-5-14(13,11(15)7-9)12(16)18-10-4-6-17-8-10/h9-10H,3-8H2,1-2H3/t9-,10+,14+/m1/s1. The van der Waals surface area contributed by atoms with E-state index < -0.39 is 5.41 Å². The van der Waals surface area contributed by atoms with E-state index in [2.05, 4.69) is 0 Å². The number of hydrogen-bond donors (Lipinski definition) is 0. The average molecular weight is 252 g/mol. The molecule has 4 heteroatoms. The van der Waals surface area contributed by atoms with E-state index >= 15 is 0 Å². The minimum absolute atomic E-state index is 0.0904. The Balaban J connectivity index is 1.84. The van der Waals surface area contributed by atoms with E-state index in [4.69, 9.17) is 9.47 Å². The van der Waals surface area contributed by atoms with Crippen LogP contribution in [0.5, 0.6) is 0 Å². The second-order valence-corrected chi connectivity index (χ2v) is 6.38. The highest BCUT2D eigenvalue weighted by molar-refractivity contribution is 6.07. The van der Waals surface area contributed by atoms with Gasteiger partial charge in [-0.2, -0.15) is 0 Å². The number of carbonyl (C=O) groups is 2. The third-order valence-electron chi connectivity index (χ3n) is 5.41. The maximum absolute atomic E-state index is 12.5. The molecule has 0 aromatic carbocycles. The molecule has 0 radical (unpaired) electrons. The minimum atomic E-state index is -0.875. The smallest absolute Gasteiger partial charge is 0.320 e. The summed E-state index contributed by atoms with van der Waals surface area (Å²) in [5, 5.41) is 0. The van der Waals surface area contributed by atoms with Gasteiger partial charge in [-0.15, -0.1) is 0 Å². The molecule has 0 aromatic heterocycles. The number of carbonyl (C=O) groups excluding carboxylic acids is 2. The number of esters is 1. The molecule has 3 atom stereocenters. The molecule has 1 aliphatic heterocycles. The first kappa shape index (κ1) is 12.2. The molecule has 0 spiro atoms. The van der Waals surface area contributed by atoms with Crippen molar-refractivity contribution in [3.05, 3.63) is 0 Å². The Morgan fingerprint density at radius 3 is 2.67 bits per heavy atom. The molecule has 2 bridgehead atoms. The Labute approximate surface area is 107 Å². The summed E-state index contributed by atoms with van der Waals surface area (Å²) in [4.78, 5) is 24.8. The van der Waals surface area contributed by atoms with Crippen molar-refractivity contribution in [3.8, 4) is 0 Å². The van der Waals surface area contributed by atoms with Gasteiger partial charge in [0, 0.05) is 12.8 Å². The van der Waals surface area contributed by atoms with Crippen LogP contribution in [0, 0.1) is 16.7 Å². The van der Waals surface area contributed by atoms with Crippen molar-refractivity contribution in [2.75, 3.05) is 13.2 Å². The molecule has 3 aliphatic rings. The van der Waals surface area contributed by atoms with E-state index in [-0.39, 0.29) is 23.3 Å². The molecular weight excluding hydrogens is 232 g/mol. The first-order chi connectivity index (χ1) is 8.48. The van der Waals surface area contributed by atoms with Crippen LogP contribution in [0.3, 0.4) is 0 Å². The number of Topliss-reactive ketones (excluding diaryl/α,β-unsaturated/α-hetero) is 1. The van der Waals surface area contributed by atoms with E-state index in [0.29, 0.717) is 32.0 Å². The summed E-state index contributed by atoms with van der Waals surface area (Å²) in [6.07, 6.45) is 2.77. The molecule has 0 unspecified atom stereocenters. The van der Waals surface area contributed by atoms with Crippen LogP contribution in [-0.2, 0) is 19.1 Å². The normalized spacial score (nSPS) is 41.3. The minimum Gasteiger partial charge on any atom is -0.459 e. The third kappa shape index (κ3) is 1.35. The SMILES string of the molecule is CC1(C)[C@@H]2CC[C@@]1(C(=O)O[C@H]1CCOC1)C(=O)C2. The van der Waals surface area contributed by atoms with Gasteiger partial charge in [0.25, 0.3) is 0 Å². The van der Waals surface area contributed by atoms with E-state index in [0.717, 1.165) is 12.8 Å². The fourth-order valence-electron chi connectivity index (χ4n) is 4.01. The molecule has 2 aliphatic carbocycles. The maximum Gasteiger partial charge on any atom is 0.320 e. The summed E-state index contributed by atoms with van der Waals surface area (Å²) in [7, 11) is 0. The van der Waals surface area contributed by atoms with Crippen molar-refractivity contribution in [2.45, 2.75) is 45.6 Å². The maximum atomic E-state index is 12.5. The van der Waals surface area contributed by atoms with E-state index in [1.165, 1.54) is 0 Å². The van der Waals surface area contributed by atoms with Gasteiger partial charge in [-0.05, 0) is 24.2 Å². The van der Waals surface area contributed by atoms with Gasteiger partial charge < -0.3 is 9.47 Å². The second kappa shape index (κ2) is 3.80. The van der Waals surface area contributed by atoms with Crippen molar-refractivity contribution in [3.63, 3.8) is 0 Å². The molecule has 2 saturated carbocycles. The zero-order valence-corrected chi connectivity index (χ0v) is 11.0. The van der Waals surface area contributed by atoms with Gasteiger partial charge in [-0.3, -0.25) is 9.59 Å². The van der Waals surface area contributed by atoms with Crippen LogP contribution in [0.25, 0.3) is 0 Å². The largest absolute Gasteiger partial charge is 0.459 e. The highest BCUT2D eigenvalue weighted by atomic mass is 16.6. The van der Waals surface area contributed by atoms with Crippen LogP contribution in [0.15, 0.2) is 0 Å². The summed E-state index contributed by atoms with van der Waals surface area (Å²) in [5.41, 5.74) is -1.12. The van der Waals surface area contributed by atoms with Gasteiger partial charge in [0.15, 0.2) is 5.78 Å². The molecule has 0 aromatic rings. The summed E-state index contributed by atoms with van der Waals surface area (Å²) >= 11 is 0. The lowest BCUT2D eigenvalue weighted by atomic mass is 9.69. The fourth-order valence-corrected chi connectivity index (χ4v) is 4.01. The number of ether oxygens (including phenoxy) is 2. The summed E-state index contributed by atoms with van der Waals surface area (Å²) < 4.78 is 10.8. The van der Waals surface area contributed by atoms with Crippen LogP contribution in [-0.4, -0.2) is 31.1 Å². The average Bonchev–Trinajstić information content (AvgIpc) is 2.93. The number of ketones is 1. The first-order valence-electron chi connectivity index (χ1n) is 6.80. The Morgan fingerprint density at radius 1 is 1.39 bits per heavy atom. The van der Waals surface area contributed by atoms with Crippen LogP contribution >= 0.6 is 0 Å². The predicted octanol–water partition coefficient (Wildman–Crippen LogP) is 1.71. The van der Waals surface area contributed by atoms with Crippen molar-refractivity contribution >= 4 is 11.8 Å². The van der Waals surface area contributed by atoms with Crippen molar-refractivity contribution < 1.29 is 19.1 Å². The Kier molecular flexibility index (Phi) is 2.56. The monoisotopic (exact) mass is 252 g/mol.